The number of carbonyl (C=O) groups is 2. The minimum Gasteiger partial charge on any atom is -0.507 e. The zero-order valence-electron chi connectivity index (χ0n) is 18.6. The number of amides is 1. The van der Waals surface area contributed by atoms with Crippen LogP contribution in [0.3, 0.4) is 0 Å². The van der Waals surface area contributed by atoms with Crippen molar-refractivity contribution in [2.75, 3.05) is 19.1 Å². The van der Waals surface area contributed by atoms with Crippen LogP contribution in [0.4, 0.5) is 5.69 Å². The monoisotopic (exact) mass is 517 g/mol. The van der Waals surface area contributed by atoms with Gasteiger partial charge in [-0.25, -0.2) is 0 Å². The normalized spacial score (nSPS) is 17.3. The lowest BCUT2D eigenvalue weighted by Crippen LogP contribution is -2.29. The van der Waals surface area contributed by atoms with Gasteiger partial charge in [-0.15, -0.1) is 11.3 Å². The van der Waals surface area contributed by atoms with Crippen LogP contribution in [0.25, 0.3) is 5.76 Å². The van der Waals surface area contributed by atoms with Crippen LogP contribution >= 0.6 is 34.5 Å². The minimum atomic E-state index is -0.836. The van der Waals surface area contributed by atoms with Crippen molar-refractivity contribution in [3.8, 4) is 11.5 Å². The number of hydrogen-bond donors (Lipinski definition) is 1. The first-order valence-electron chi connectivity index (χ1n) is 10.4. The highest BCUT2D eigenvalue weighted by Gasteiger charge is 2.47. The Bertz CT molecular complexity index is 1290. The molecular formula is C25H21Cl2NO5S. The molecule has 0 aliphatic carbocycles. The topological polar surface area (TPSA) is 76.1 Å². The first-order chi connectivity index (χ1) is 16.3. The molecule has 1 unspecified atom stereocenters. The maximum absolute atomic E-state index is 13.3. The standard InChI is InChI=1S/C25H21Cl2NO5S/c1-4-13-7-9-14(10-8-13)28-20(17-6-5-11-34-17)18(22(30)25(28)31)21(29)15-12-16(26)24(33-3)19(27)23(15)32-2/h5-12,20,29H,4H2,1-3H3/b21-18-. The summed E-state index contributed by atoms with van der Waals surface area (Å²) in [7, 11) is 2.77. The number of carbonyl (C=O) groups excluding carboxylic acids is 2. The fraction of sp³-hybridized carbons (Fsp3) is 0.200. The number of nitrogens with zero attached hydrogens (tertiary/aromatic N) is 1. The number of hydrogen-bond acceptors (Lipinski definition) is 6. The molecule has 0 spiro atoms. The lowest BCUT2D eigenvalue weighted by Gasteiger charge is -2.24. The summed E-state index contributed by atoms with van der Waals surface area (Å²) in [4.78, 5) is 28.6. The average molecular weight is 518 g/mol. The van der Waals surface area contributed by atoms with Crippen molar-refractivity contribution in [1.29, 1.82) is 0 Å². The van der Waals surface area contributed by atoms with Crippen molar-refractivity contribution in [2.24, 2.45) is 0 Å². The third kappa shape index (κ3) is 3.94. The molecule has 1 atom stereocenters. The Balaban J connectivity index is 1.96. The summed E-state index contributed by atoms with van der Waals surface area (Å²) >= 11 is 14.1. The predicted octanol–water partition coefficient (Wildman–Crippen LogP) is 6.26. The van der Waals surface area contributed by atoms with Gasteiger partial charge in [-0.3, -0.25) is 14.5 Å². The van der Waals surface area contributed by atoms with Gasteiger partial charge in [0.1, 0.15) is 16.8 Å². The van der Waals surface area contributed by atoms with Crippen LogP contribution < -0.4 is 14.4 Å². The first-order valence-corrected chi connectivity index (χ1v) is 12.0. The van der Waals surface area contributed by atoms with Gasteiger partial charge < -0.3 is 14.6 Å². The molecular weight excluding hydrogens is 497 g/mol. The summed E-state index contributed by atoms with van der Waals surface area (Å²) in [6.45, 7) is 2.03. The number of aliphatic hydroxyl groups is 1. The Labute approximate surface area is 210 Å². The van der Waals surface area contributed by atoms with Gasteiger partial charge in [0.25, 0.3) is 11.7 Å². The van der Waals surface area contributed by atoms with Crippen molar-refractivity contribution in [3.05, 3.63) is 79.5 Å². The molecule has 1 N–H and O–H groups in total. The molecule has 1 saturated heterocycles. The summed E-state index contributed by atoms with van der Waals surface area (Å²) in [6.07, 6.45) is 0.840. The van der Waals surface area contributed by atoms with Crippen LogP contribution in [-0.2, 0) is 16.0 Å². The molecule has 1 aliphatic heterocycles. The van der Waals surface area contributed by atoms with E-state index in [9.17, 15) is 14.7 Å². The Kier molecular flexibility index (Phi) is 6.89. The number of ether oxygens (including phenoxy) is 2. The molecule has 1 aromatic heterocycles. The zero-order chi connectivity index (χ0) is 24.6. The van der Waals surface area contributed by atoms with Crippen LogP contribution in [0.15, 0.2) is 53.4 Å². The van der Waals surface area contributed by atoms with Gasteiger partial charge in [0.2, 0.25) is 0 Å². The molecule has 6 nitrogen and oxygen atoms in total. The van der Waals surface area contributed by atoms with Crippen LogP contribution in [0.2, 0.25) is 10.0 Å². The molecule has 4 rings (SSSR count). The number of thiophene rings is 1. The van der Waals surface area contributed by atoms with E-state index in [1.807, 2.05) is 36.6 Å². The van der Waals surface area contributed by atoms with Gasteiger partial charge in [0.15, 0.2) is 11.5 Å². The van der Waals surface area contributed by atoms with Gasteiger partial charge in [-0.2, -0.15) is 0 Å². The van der Waals surface area contributed by atoms with E-state index in [1.54, 1.807) is 12.1 Å². The molecule has 2 aromatic carbocycles. The van der Waals surface area contributed by atoms with E-state index in [0.29, 0.717) is 10.6 Å². The number of anilines is 1. The maximum atomic E-state index is 13.3. The number of halogens is 2. The molecule has 1 amide bonds. The molecule has 176 valence electrons. The van der Waals surface area contributed by atoms with Crippen LogP contribution in [0.1, 0.15) is 29.0 Å². The summed E-state index contributed by atoms with van der Waals surface area (Å²) in [6, 6.07) is 11.6. The van der Waals surface area contributed by atoms with E-state index >= 15 is 0 Å². The number of aliphatic hydroxyl groups excluding tert-OH is 1. The van der Waals surface area contributed by atoms with Gasteiger partial charge in [0, 0.05) is 10.6 Å². The van der Waals surface area contributed by atoms with E-state index < -0.39 is 23.5 Å². The highest BCUT2D eigenvalue weighted by molar-refractivity contribution is 7.10. The van der Waals surface area contributed by atoms with Crippen molar-refractivity contribution < 1.29 is 24.2 Å². The highest BCUT2D eigenvalue weighted by Crippen LogP contribution is 2.48. The molecule has 1 aliphatic rings. The third-order valence-electron chi connectivity index (χ3n) is 5.67. The van der Waals surface area contributed by atoms with E-state index in [1.165, 1.54) is 36.5 Å². The third-order valence-corrected chi connectivity index (χ3v) is 7.22. The molecule has 0 radical (unpaired) electrons. The van der Waals surface area contributed by atoms with Crippen molar-refractivity contribution in [1.82, 2.24) is 0 Å². The number of ketones is 1. The fourth-order valence-corrected chi connectivity index (χ4v) is 5.51. The molecule has 2 heterocycles. The van der Waals surface area contributed by atoms with E-state index in [4.69, 9.17) is 32.7 Å². The van der Waals surface area contributed by atoms with Gasteiger partial charge >= 0.3 is 0 Å². The van der Waals surface area contributed by atoms with Crippen LogP contribution in [0.5, 0.6) is 11.5 Å². The first kappa shape index (κ1) is 24.1. The molecule has 3 aromatic rings. The average Bonchev–Trinajstić information content (AvgIpc) is 3.45. The van der Waals surface area contributed by atoms with E-state index in [0.717, 1.165) is 12.0 Å². The predicted molar refractivity (Wildman–Crippen MR) is 134 cm³/mol. The number of rotatable bonds is 6. The zero-order valence-corrected chi connectivity index (χ0v) is 20.9. The minimum absolute atomic E-state index is 0.0381. The largest absolute Gasteiger partial charge is 0.507 e. The van der Waals surface area contributed by atoms with Crippen molar-refractivity contribution in [2.45, 2.75) is 19.4 Å². The second-order valence-electron chi connectivity index (χ2n) is 7.49. The lowest BCUT2D eigenvalue weighted by molar-refractivity contribution is -0.132. The fourth-order valence-electron chi connectivity index (χ4n) is 4.00. The highest BCUT2D eigenvalue weighted by atomic mass is 35.5. The van der Waals surface area contributed by atoms with E-state index in [-0.39, 0.29) is 32.7 Å². The smallest absolute Gasteiger partial charge is 0.300 e. The van der Waals surface area contributed by atoms with Crippen molar-refractivity contribution >= 4 is 57.7 Å². The van der Waals surface area contributed by atoms with Crippen LogP contribution in [0, 0.1) is 0 Å². The molecule has 0 saturated carbocycles. The quantitative estimate of drug-likeness (QED) is 0.237. The maximum Gasteiger partial charge on any atom is 0.300 e. The van der Waals surface area contributed by atoms with Gasteiger partial charge in [-0.1, -0.05) is 48.3 Å². The lowest BCUT2D eigenvalue weighted by atomic mass is 9.99. The molecule has 1 fully saturated rings. The summed E-state index contributed by atoms with van der Waals surface area (Å²) in [5.41, 5.74) is 1.65. The van der Waals surface area contributed by atoms with E-state index in [2.05, 4.69) is 0 Å². The Hall–Kier alpha value is -3.00. The molecule has 9 heteroatoms. The van der Waals surface area contributed by atoms with Crippen LogP contribution in [-0.4, -0.2) is 31.0 Å². The summed E-state index contributed by atoms with van der Waals surface area (Å²) < 4.78 is 10.6. The Morgan fingerprint density at radius 1 is 1.09 bits per heavy atom. The molecule has 0 bridgehead atoms. The number of aryl methyl sites for hydroxylation is 1. The van der Waals surface area contributed by atoms with Gasteiger partial charge in [0.05, 0.1) is 30.4 Å². The van der Waals surface area contributed by atoms with Crippen molar-refractivity contribution in [3.63, 3.8) is 0 Å². The Morgan fingerprint density at radius 3 is 2.32 bits per heavy atom. The molecule has 34 heavy (non-hydrogen) atoms. The summed E-state index contributed by atoms with van der Waals surface area (Å²) in [5.74, 6) is -1.76. The SMILES string of the molecule is CCc1ccc(N2C(=O)C(=O)/C(=C(\O)c3cc(Cl)c(OC)c(Cl)c3OC)C2c2cccs2)cc1. The summed E-state index contributed by atoms with van der Waals surface area (Å²) in [5, 5.41) is 13.4. The number of Topliss-reactive ketones (excluding diaryl/α,β-unsaturated/α-hetero) is 1. The number of methoxy groups -OCH3 is 2. The second-order valence-corrected chi connectivity index (χ2v) is 9.26. The second kappa shape index (κ2) is 9.70. The number of benzene rings is 2. The van der Waals surface area contributed by atoms with Gasteiger partial charge in [-0.05, 0) is 41.6 Å². The Morgan fingerprint density at radius 2 is 1.76 bits per heavy atom.